The molecule has 1 aliphatic rings. The molecule has 1 aliphatic carbocycles. The molecule has 0 atom stereocenters. The maximum atomic E-state index is 11.3. The number of hydrogen-bond acceptors (Lipinski definition) is 3. The Kier molecular flexibility index (Phi) is 2.42. The SMILES string of the molecule is COC(=O)c1cccc(C2(C(=O)O)CC2)c1. The monoisotopic (exact) mass is 220 g/mol. The maximum Gasteiger partial charge on any atom is 0.337 e. The summed E-state index contributed by atoms with van der Waals surface area (Å²) in [5.41, 5.74) is 0.305. The lowest BCUT2D eigenvalue weighted by atomic mass is 9.94. The van der Waals surface area contributed by atoms with Crippen LogP contribution < -0.4 is 0 Å². The Bertz CT molecular complexity index is 446. The molecule has 0 heterocycles. The number of methoxy groups -OCH3 is 1. The highest BCUT2D eigenvalue weighted by Gasteiger charge is 2.51. The summed E-state index contributed by atoms with van der Waals surface area (Å²) < 4.78 is 4.60. The quantitative estimate of drug-likeness (QED) is 0.785. The first-order valence-corrected chi connectivity index (χ1v) is 5.02. The summed E-state index contributed by atoms with van der Waals surface area (Å²) in [7, 11) is 1.30. The van der Waals surface area contributed by atoms with Gasteiger partial charge in [-0.25, -0.2) is 4.79 Å². The molecule has 0 spiro atoms. The molecule has 0 aromatic heterocycles. The van der Waals surface area contributed by atoms with E-state index in [0.717, 1.165) is 0 Å². The fourth-order valence-corrected chi connectivity index (χ4v) is 1.81. The van der Waals surface area contributed by atoms with Crippen molar-refractivity contribution in [2.24, 2.45) is 0 Å². The van der Waals surface area contributed by atoms with Crippen molar-refractivity contribution in [3.05, 3.63) is 35.4 Å². The van der Waals surface area contributed by atoms with Gasteiger partial charge in [0, 0.05) is 0 Å². The fraction of sp³-hybridized carbons (Fsp3) is 0.333. The minimum atomic E-state index is -0.825. The molecule has 1 fully saturated rings. The topological polar surface area (TPSA) is 63.6 Å². The number of ether oxygens (including phenoxy) is 1. The zero-order valence-corrected chi connectivity index (χ0v) is 8.90. The van der Waals surface area contributed by atoms with E-state index in [2.05, 4.69) is 4.74 Å². The molecule has 1 N–H and O–H groups in total. The highest BCUT2D eigenvalue weighted by molar-refractivity contribution is 5.91. The third-order valence-electron chi connectivity index (χ3n) is 3.00. The van der Waals surface area contributed by atoms with Crippen molar-refractivity contribution < 1.29 is 19.4 Å². The fourth-order valence-electron chi connectivity index (χ4n) is 1.81. The number of aliphatic carboxylic acids is 1. The summed E-state index contributed by atoms with van der Waals surface area (Å²) in [6.07, 6.45) is 1.26. The van der Waals surface area contributed by atoms with Crippen LogP contribution >= 0.6 is 0 Å². The Morgan fingerprint density at radius 3 is 2.56 bits per heavy atom. The average molecular weight is 220 g/mol. The average Bonchev–Trinajstić information content (AvgIpc) is 3.09. The number of rotatable bonds is 3. The normalized spacial score (nSPS) is 16.6. The minimum absolute atomic E-state index is 0.396. The molecule has 0 amide bonds. The van der Waals surface area contributed by atoms with Gasteiger partial charge in [-0.05, 0) is 30.5 Å². The van der Waals surface area contributed by atoms with Gasteiger partial charge in [0.2, 0.25) is 0 Å². The second kappa shape index (κ2) is 3.63. The predicted octanol–water partition coefficient (Wildman–Crippen LogP) is 1.59. The zero-order valence-electron chi connectivity index (χ0n) is 8.90. The van der Waals surface area contributed by atoms with Gasteiger partial charge in [-0.3, -0.25) is 4.79 Å². The van der Waals surface area contributed by atoms with Gasteiger partial charge in [0.25, 0.3) is 0 Å². The zero-order chi connectivity index (χ0) is 11.8. The first-order valence-electron chi connectivity index (χ1n) is 5.02. The summed E-state index contributed by atoms with van der Waals surface area (Å²) in [6.45, 7) is 0. The van der Waals surface area contributed by atoms with Gasteiger partial charge < -0.3 is 9.84 Å². The molecule has 0 saturated heterocycles. The van der Waals surface area contributed by atoms with Crippen molar-refractivity contribution in [2.75, 3.05) is 7.11 Å². The predicted molar refractivity (Wildman–Crippen MR) is 56.3 cm³/mol. The van der Waals surface area contributed by atoms with Crippen LogP contribution in [0.2, 0.25) is 0 Å². The standard InChI is InChI=1S/C12H12O4/c1-16-10(13)8-3-2-4-9(7-8)12(5-6-12)11(14)15/h2-4,7H,5-6H2,1H3,(H,14,15). The number of benzene rings is 1. The molecule has 1 aromatic rings. The van der Waals surface area contributed by atoms with Gasteiger partial charge in [0.05, 0.1) is 18.1 Å². The van der Waals surface area contributed by atoms with E-state index in [1.165, 1.54) is 7.11 Å². The molecule has 4 nitrogen and oxygen atoms in total. The van der Waals surface area contributed by atoms with E-state index in [4.69, 9.17) is 5.11 Å². The van der Waals surface area contributed by atoms with E-state index in [1.807, 2.05) is 0 Å². The third kappa shape index (κ3) is 1.56. The molecule has 84 valence electrons. The van der Waals surface area contributed by atoms with Crippen LogP contribution in [-0.2, 0) is 14.9 Å². The molecule has 1 aromatic carbocycles. The van der Waals surface area contributed by atoms with Gasteiger partial charge >= 0.3 is 11.9 Å². The van der Waals surface area contributed by atoms with Gasteiger partial charge in [0.15, 0.2) is 0 Å². The van der Waals surface area contributed by atoms with Crippen molar-refractivity contribution in [2.45, 2.75) is 18.3 Å². The van der Waals surface area contributed by atoms with Crippen molar-refractivity contribution >= 4 is 11.9 Å². The van der Waals surface area contributed by atoms with Gasteiger partial charge in [-0.15, -0.1) is 0 Å². The lowest BCUT2D eigenvalue weighted by Gasteiger charge is -2.10. The van der Waals surface area contributed by atoms with Crippen molar-refractivity contribution in [3.63, 3.8) is 0 Å². The molecule has 0 bridgehead atoms. The largest absolute Gasteiger partial charge is 0.481 e. The number of carboxylic acid groups (broad SMARTS) is 1. The lowest BCUT2D eigenvalue weighted by molar-refractivity contribution is -0.140. The molecule has 1 saturated carbocycles. The Labute approximate surface area is 92.8 Å². The van der Waals surface area contributed by atoms with Crippen LogP contribution in [0.1, 0.15) is 28.8 Å². The molecule has 0 radical (unpaired) electrons. The molecule has 2 rings (SSSR count). The van der Waals surface area contributed by atoms with Crippen LogP contribution in [0.5, 0.6) is 0 Å². The second-order valence-electron chi connectivity index (χ2n) is 3.96. The van der Waals surface area contributed by atoms with E-state index < -0.39 is 17.4 Å². The Morgan fingerprint density at radius 1 is 1.38 bits per heavy atom. The van der Waals surface area contributed by atoms with Crippen molar-refractivity contribution in [3.8, 4) is 0 Å². The van der Waals surface area contributed by atoms with E-state index in [1.54, 1.807) is 24.3 Å². The Morgan fingerprint density at radius 2 is 2.06 bits per heavy atom. The number of carbonyl (C=O) groups excluding carboxylic acids is 1. The first-order chi connectivity index (χ1) is 7.60. The minimum Gasteiger partial charge on any atom is -0.481 e. The summed E-state index contributed by atoms with van der Waals surface area (Å²) >= 11 is 0. The molecular formula is C12H12O4. The molecular weight excluding hydrogens is 208 g/mol. The number of hydrogen-bond donors (Lipinski definition) is 1. The smallest absolute Gasteiger partial charge is 0.337 e. The Hall–Kier alpha value is -1.84. The van der Waals surface area contributed by atoms with Crippen molar-refractivity contribution in [1.29, 1.82) is 0 Å². The lowest BCUT2D eigenvalue weighted by Crippen LogP contribution is -2.19. The molecule has 0 unspecified atom stereocenters. The summed E-state index contributed by atoms with van der Waals surface area (Å²) in [5, 5.41) is 9.13. The van der Waals surface area contributed by atoms with Gasteiger partial charge in [0.1, 0.15) is 0 Å². The summed E-state index contributed by atoms with van der Waals surface area (Å²) in [6, 6.07) is 6.65. The Balaban J connectivity index is 2.37. The number of carboxylic acids is 1. The highest BCUT2D eigenvalue weighted by atomic mass is 16.5. The third-order valence-corrected chi connectivity index (χ3v) is 3.00. The van der Waals surface area contributed by atoms with Crippen LogP contribution in [0.25, 0.3) is 0 Å². The van der Waals surface area contributed by atoms with Crippen LogP contribution in [0.15, 0.2) is 24.3 Å². The van der Waals surface area contributed by atoms with Crippen LogP contribution in [0.3, 0.4) is 0 Å². The van der Waals surface area contributed by atoms with E-state index in [9.17, 15) is 9.59 Å². The van der Waals surface area contributed by atoms with Gasteiger partial charge in [-0.2, -0.15) is 0 Å². The molecule has 16 heavy (non-hydrogen) atoms. The van der Waals surface area contributed by atoms with Crippen LogP contribution in [-0.4, -0.2) is 24.2 Å². The molecule has 4 heteroatoms. The summed E-state index contributed by atoms with van der Waals surface area (Å²) in [4.78, 5) is 22.4. The van der Waals surface area contributed by atoms with Gasteiger partial charge in [-0.1, -0.05) is 12.1 Å². The second-order valence-corrected chi connectivity index (χ2v) is 3.96. The number of carbonyl (C=O) groups is 2. The number of esters is 1. The summed E-state index contributed by atoms with van der Waals surface area (Å²) in [5.74, 6) is -1.27. The first kappa shape index (κ1) is 10.7. The van der Waals surface area contributed by atoms with Crippen molar-refractivity contribution in [1.82, 2.24) is 0 Å². The van der Waals surface area contributed by atoms with Crippen LogP contribution in [0, 0.1) is 0 Å². The van der Waals surface area contributed by atoms with Crippen LogP contribution in [0.4, 0.5) is 0 Å². The van der Waals surface area contributed by atoms with E-state index >= 15 is 0 Å². The van der Waals surface area contributed by atoms with E-state index in [0.29, 0.717) is 24.0 Å². The molecule has 0 aliphatic heterocycles. The maximum absolute atomic E-state index is 11.3. The highest BCUT2D eigenvalue weighted by Crippen LogP contribution is 2.48. The van der Waals surface area contributed by atoms with E-state index in [-0.39, 0.29) is 0 Å².